The summed E-state index contributed by atoms with van der Waals surface area (Å²) in [6.45, 7) is 0. The summed E-state index contributed by atoms with van der Waals surface area (Å²) in [4.78, 5) is 8.42. The molecule has 0 N–H and O–H groups in total. The Morgan fingerprint density at radius 2 is 1.76 bits per heavy atom. The summed E-state index contributed by atoms with van der Waals surface area (Å²) in [6, 6.07) is 10.3. The number of benzene rings is 1. The number of fused-ring (bicyclic) bond motifs is 3. The molecule has 4 aromatic rings. The number of para-hydroxylation sites is 2. The van der Waals surface area contributed by atoms with Gasteiger partial charge in [-0.05, 0) is 29.8 Å². The molecule has 1 aromatic carbocycles. The van der Waals surface area contributed by atoms with Crippen LogP contribution in [0.2, 0.25) is 0 Å². The van der Waals surface area contributed by atoms with E-state index in [1.54, 1.807) is 36.7 Å². The molecule has 0 radical (unpaired) electrons. The third-order valence-corrected chi connectivity index (χ3v) is 4.60. The van der Waals surface area contributed by atoms with E-state index in [2.05, 4.69) is 20.2 Å². The largest absolute Gasteiger partial charge is 0.452 e. The lowest BCUT2D eigenvalue weighted by Crippen LogP contribution is -2.11. The van der Waals surface area contributed by atoms with Gasteiger partial charge in [-0.25, -0.2) is 4.98 Å². The fourth-order valence-corrected chi connectivity index (χ4v) is 3.39. The maximum Gasteiger partial charge on any atom is 0.452 e. The van der Waals surface area contributed by atoms with Crippen molar-refractivity contribution in [3.8, 4) is 0 Å². The topological polar surface area (TPSA) is 56.0 Å². The Bertz CT molecular complexity index is 1050. The molecule has 0 spiro atoms. The van der Waals surface area contributed by atoms with Gasteiger partial charge in [0.05, 0.1) is 11.0 Å². The second-order valence-electron chi connectivity index (χ2n) is 5.23. The van der Waals surface area contributed by atoms with Gasteiger partial charge in [-0.15, -0.1) is 10.2 Å². The number of rotatable bonds is 3. The van der Waals surface area contributed by atoms with Crippen molar-refractivity contribution >= 4 is 28.4 Å². The molecule has 126 valence electrons. The summed E-state index contributed by atoms with van der Waals surface area (Å²) in [6.07, 6.45) is -1.27. The number of nitrogens with zero attached hydrogens (tertiary/aromatic N) is 5. The third-order valence-electron chi connectivity index (χ3n) is 3.58. The maximum absolute atomic E-state index is 13.3. The molecule has 4 rings (SSSR count). The summed E-state index contributed by atoms with van der Waals surface area (Å²) in [5.74, 6) is -0.510. The zero-order valence-corrected chi connectivity index (χ0v) is 13.4. The van der Waals surface area contributed by atoms with E-state index in [0.717, 1.165) is 9.96 Å². The SMILES string of the molecule is FC(F)(F)c1nnc2c(SCc3ccncc3)nc3ccccc3n12. The molecule has 0 unspecified atom stereocenters. The van der Waals surface area contributed by atoms with Crippen molar-refractivity contribution in [1.29, 1.82) is 0 Å². The molecule has 0 fully saturated rings. The molecule has 0 atom stereocenters. The first-order valence-electron chi connectivity index (χ1n) is 7.27. The highest BCUT2D eigenvalue weighted by molar-refractivity contribution is 7.98. The number of thioether (sulfide) groups is 1. The van der Waals surface area contributed by atoms with Crippen molar-refractivity contribution in [1.82, 2.24) is 24.6 Å². The van der Waals surface area contributed by atoms with Gasteiger partial charge < -0.3 is 0 Å². The minimum atomic E-state index is -4.60. The molecule has 0 aliphatic rings. The minimum Gasteiger partial charge on any atom is -0.267 e. The second-order valence-corrected chi connectivity index (χ2v) is 6.19. The van der Waals surface area contributed by atoms with E-state index in [4.69, 9.17) is 0 Å². The van der Waals surface area contributed by atoms with E-state index in [-0.39, 0.29) is 5.65 Å². The van der Waals surface area contributed by atoms with Crippen LogP contribution in [-0.2, 0) is 11.9 Å². The molecule has 0 saturated carbocycles. The normalized spacial score (nSPS) is 12.1. The lowest BCUT2D eigenvalue weighted by Gasteiger charge is -2.09. The van der Waals surface area contributed by atoms with Gasteiger partial charge >= 0.3 is 6.18 Å². The molecule has 0 amide bonds. The predicted molar refractivity (Wildman–Crippen MR) is 87.1 cm³/mol. The van der Waals surface area contributed by atoms with Crippen molar-refractivity contribution in [3.05, 3.63) is 60.2 Å². The smallest absolute Gasteiger partial charge is 0.267 e. The maximum atomic E-state index is 13.3. The van der Waals surface area contributed by atoms with E-state index in [9.17, 15) is 13.2 Å². The van der Waals surface area contributed by atoms with Crippen LogP contribution in [-0.4, -0.2) is 24.6 Å². The van der Waals surface area contributed by atoms with Gasteiger partial charge in [-0.3, -0.25) is 9.38 Å². The Balaban J connectivity index is 1.87. The lowest BCUT2D eigenvalue weighted by atomic mass is 10.3. The van der Waals surface area contributed by atoms with Crippen LogP contribution in [0.25, 0.3) is 16.7 Å². The van der Waals surface area contributed by atoms with Crippen LogP contribution in [0.1, 0.15) is 11.4 Å². The molecular formula is C16H10F3N5S. The molecule has 3 heterocycles. The Labute approximate surface area is 143 Å². The first kappa shape index (κ1) is 15.8. The summed E-state index contributed by atoms with van der Waals surface area (Å²) in [7, 11) is 0. The van der Waals surface area contributed by atoms with Crippen LogP contribution < -0.4 is 0 Å². The number of pyridine rings is 1. The first-order valence-corrected chi connectivity index (χ1v) is 8.25. The zero-order valence-electron chi connectivity index (χ0n) is 12.6. The van der Waals surface area contributed by atoms with Gasteiger partial charge in [-0.1, -0.05) is 23.9 Å². The highest BCUT2D eigenvalue weighted by Gasteiger charge is 2.38. The van der Waals surface area contributed by atoms with Crippen molar-refractivity contribution in [2.45, 2.75) is 17.0 Å². The highest BCUT2D eigenvalue weighted by atomic mass is 32.2. The van der Waals surface area contributed by atoms with Crippen LogP contribution >= 0.6 is 11.8 Å². The average Bonchev–Trinajstić information content (AvgIpc) is 3.06. The van der Waals surface area contributed by atoms with Gasteiger partial charge in [0.15, 0.2) is 5.65 Å². The summed E-state index contributed by atoms with van der Waals surface area (Å²) in [5, 5.41) is 7.50. The van der Waals surface area contributed by atoms with E-state index in [1.165, 1.54) is 11.8 Å². The molecule has 0 bridgehead atoms. The third kappa shape index (κ3) is 2.91. The Hall–Kier alpha value is -2.68. The Morgan fingerprint density at radius 3 is 2.52 bits per heavy atom. The first-order chi connectivity index (χ1) is 12.0. The number of hydrogen-bond acceptors (Lipinski definition) is 5. The van der Waals surface area contributed by atoms with Gasteiger partial charge in [0.1, 0.15) is 5.03 Å². The second kappa shape index (κ2) is 5.99. The predicted octanol–water partition coefficient (Wildman–Crippen LogP) is 3.98. The monoisotopic (exact) mass is 361 g/mol. The van der Waals surface area contributed by atoms with Crippen LogP contribution in [0, 0.1) is 0 Å². The summed E-state index contributed by atoms with van der Waals surface area (Å²) in [5.41, 5.74) is 1.87. The van der Waals surface area contributed by atoms with Crippen LogP contribution in [0.15, 0.2) is 53.8 Å². The molecule has 0 saturated heterocycles. The highest BCUT2D eigenvalue weighted by Crippen LogP contribution is 2.33. The zero-order chi connectivity index (χ0) is 17.4. The molecule has 25 heavy (non-hydrogen) atoms. The van der Waals surface area contributed by atoms with E-state index in [0.29, 0.717) is 21.8 Å². The molecule has 0 aliphatic heterocycles. The minimum absolute atomic E-state index is 0.102. The molecular weight excluding hydrogens is 351 g/mol. The average molecular weight is 361 g/mol. The van der Waals surface area contributed by atoms with Crippen LogP contribution in [0.4, 0.5) is 13.2 Å². The van der Waals surface area contributed by atoms with E-state index < -0.39 is 12.0 Å². The number of aromatic nitrogens is 5. The van der Waals surface area contributed by atoms with Crippen LogP contribution in [0.3, 0.4) is 0 Å². The van der Waals surface area contributed by atoms with Gasteiger partial charge in [0, 0.05) is 18.1 Å². The van der Waals surface area contributed by atoms with Crippen molar-refractivity contribution in [3.63, 3.8) is 0 Å². The lowest BCUT2D eigenvalue weighted by molar-refractivity contribution is -0.145. The number of hydrogen-bond donors (Lipinski definition) is 0. The molecule has 0 aliphatic carbocycles. The van der Waals surface area contributed by atoms with Gasteiger partial charge in [0.2, 0.25) is 5.82 Å². The standard InChI is InChI=1S/C16H10F3N5S/c17-16(18,19)15-23-22-13-14(25-9-10-5-7-20-8-6-10)21-11-3-1-2-4-12(11)24(13)15/h1-8H,9H2. The molecule has 9 heteroatoms. The summed E-state index contributed by atoms with van der Waals surface area (Å²) < 4.78 is 40.9. The van der Waals surface area contributed by atoms with Gasteiger partial charge in [-0.2, -0.15) is 13.2 Å². The Kier molecular flexibility index (Phi) is 3.79. The van der Waals surface area contributed by atoms with Crippen LogP contribution in [0.5, 0.6) is 0 Å². The molecule has 3 aromatic heterocycles. The van der Waals surface area contributed by atoms with Crippen molar-refractivity contribution < 1.29 is 13.2 Å². The fourth-order valence-electron chi connectivity index (χ4n) is 2.47. The van der Waals surface area contributed by atoms with Crippen molar-refractivity contribution in [2.24, 2.45) is 0 Å². The van der Waals surface area contributed by atoms with Gasteiger partial charge in [0.25, 0.3) is 0 Å². The summed E-state index contributed by atoms with van der Waals surface area (Å²) >= 11 is 1.31. The number of halogens is 3. The van der Waals surface area contributed by atoms with E-state index in [1.807, 2.05) is 12.1 Å². The number of alkyl halides is 3. The molecule has 5 nitrogen and oxygen atoms in total. The fraction of sp³-hybridized carbons (Fsp3) is 0.125. The quantitative estimate of drug-likeness (QED) is 0.517. The van der Waals surface area contributed by atoms with E-state index >= 15 is 0 Å². The van der Waals surface area contributed by atoms with Crippen molar-refractivity contribution in [2.75, 3.05) is 0 Å². The Morgan fingerprint density at radius 1 is 1.00 bits per heavy atom.